The van der Waals surface area contributed by atoms with Crippen LogP contribution in [0.15, 0.2) is 30.7 Å². The number of imidazole rings is 1. The van der Waals surface area contributed by atoms with Gasteiger partial charge >= 0.3 is 11.9 Å². The second kappa shape index (κ2) is 11.9. The van der Waals surface area contributed by atoms with Crippen LogP contribution >= 0.6 is 23.2 Å². The molecule has 1 aromatic heterocycles. The summed E-state index contributed by atoms with van der Waals surface area (Å²) in [5.74, 6) is -1.25. The number of hydrogen-bond acceptors (Lipinski definition) is 5. The smallest absolute Gasteiger partial charge is 0.323 e. The van der Waals surface area contributed by atoms with Crippen molar-refractivity contribution >= 4 is 35.1 Å². The summed E-state index contributed by atoms with van der Waals surface area (Å²) in [5.41, 5.74) is 1.67. The van der Waals surface area contributed by atoms with Gasteiger partial charge in [-0.3, -0.25) is 14.9 Å². The normalized spacial score (nSPS) is 16.2. The maximum Gasteiger partial charge on any atom is 0.323 e. The second-order valence-electron chi connectivity index (χ2n) is 9.08. The molecule has 1 heterocycles. The number of esters is 1. The summed E-state index contributed by atoms with van der Waals surface area (Å²) in [6.07, 6.45) is 7.68. The van der Waals surface area contributed by atoms with Gasteiger partial charge in [0.05, 0.1) is 6.33 Å². The van der Waals surface area contributed by atoms with Gasteiger partial charge in [-0.25, -0.2) is 4.98 Å². The summed E-state index contributed by atoms with van der Waals surface area (Å²) in [4.78, 5) is 29.2. The number of nitrogens with zero attached hydrogens (tertiary/aromatic N) is 2. The van der Waals surface area contributed by atoms with Gasteiger partial charge in [0, 0.05) is 34.9 Å². The minimum Gasteiger partial charge on any atom is -0.480 e. The summed E-state index contributed by atoms with van der Waals surface area (Å²) in [7, 11) is 0. The Morgan fingerprint density at radius 3 is 2.45 bits per heavy atom. The molecule has 1 aromatic carbocycles. The Kier molecular flexibility index (Phi) is 9.18. The molecule has 9 heteroatoms. The summed E-state index contributed by atoms with van der Waals surface area (Å²) < 4.78 is 7.64. The van der Waals surface area contributed by atoms with Crippen molar-refractivity contribution in [2.45, 2.75) is 77.1 Å². The quantitative estimate of drug-likeness (QED) is 0.437. The molecule has 0 amide bonds. The number of nitrogens with one attached hydrogen (secondary N) is 1. The van der Waals surface area contributed by atoms with Gasteiger partial charge in [-0.1, -0.05) is 37.0 Å². The Morgan fingerprint density at radius 2 is 1.85 bits per heavy atom. The van der Waals surface area contributed by atoms with E-state index in [4.69, 9.17) is 27.9 Å². The third-order valence-corrected chi connectivity index (χ3v) is 6.20. The lowest BCUT2D eigenvalue weighted by molar-refractivity contribution is -0.152. The second-order valence-corrected chi connectivity index (χ2v) is 9.95. The first-order valence-electron chi connectivity index (χ1n) is 11.3. The van der Waals surface area contributed by atoms with E-state index in [9.17, 15) is 14.7 Å². The highest BCUT2D eigenvalue weighted by Gasteiger charge is 2.31. The van der Waals surface area contributed by atoms with Crippen LogP contribution < -0.4 is 5.32 Å². The van der Waals surface area contributed by atoms with E-state index in [2.05, 4.69) is 10.3 Å². The van der Waals surface area contributed by atoms with Crippen molar-refractivity contribution in [2.24, 2.45) is 5.92 Å². The molecule has 0 radical (unpaired) electrons. The first kappa shape index (κ1) is 25.5. The van der Waals surface area contributed by atoms with Gasteiger partial charge in [0.15, 0.2) is 0 Å². The molecule has 2 N–H and O–H groups in total. The van der Waals surface area contributed by atoms with Crippen LogP contribution in [0.1, 0.15) is 57.2 Å². The molecule has 1 aliphatic carbocycles. The van der Waals surface area contributed by atoms with Crippen molar-refractivity contribution in [3.8, 4) is 0 Å². The molecule has 0 bridgehead atoms. The van der Waals surface area contributed by atoms with E-state index in [1.54, 1.807) is 18.6 Å². The summed E-state index contributed by atoms with van der Waals surface area (Å²) in [6, 6.07) is 3.66. The Hall–Kier alpha value is -2.09. The van der Waals surface area contributed by atoms with Crippen LogP contribution in [0, 0.1) is 5.92 Å². The van der Waals surface area contributed by atoms with E-state index >= 15 is 0 Å². The number of hydrogen-bond donors (Lipinski definition) is 2. The van der Waals surface area contributed by atoms with Crippen molar-refractivity contribution in [3.63, 3.8) is 0 Å². The maximum absolute atomic E-state index is 13.1. The van der Waals surface area contributed by atoms with Crippen molar-refractivity contribution in [3.05, 3.63) is 52.0 Å². The highest BCUT2D eigenvalue weighted by atomic mass is 35.5. The van der Waals surface area contributed by atoms with Gasteiger partial charge in [-0.05, 0) is 61.8 Å². The molecule has 2 atom stereocenters. The third kappa shape index (κ3) is 7.73. The lowest BCUT2D eigenvalue weighted by Crippen LogP contribution is -2.50. The molecule has 33 heavy (non-hydrogen) atoms. The summed E-state index contributed by atoms with van der Waals surface area (Å²) in [5, 5.41) is 13.8. The van der Waals surface area contributed by atoms with Crippen LogP contribution in [0.2, 0.25) is 10.0 Å². The van der Waals surface area contributed by atoms with Crippen molar-refractivity contribution in [2.75, 3.05) is 0 Å². The van der Waals surface area contributed by atoms with E-state index in [1.165, 1.54) is 0 Å². The topological polar surface area (TPSA) is 93.5 Å². The van der Waals surface area contributed by atoms with Gasteiger partial charge in [-0.15, -0.1) is 0 Å². The van der Waals surface area contributed by atoms with Gasteiger partial charge in [0.2, 0.25) is 0 Å². The minimum atomic E-state index is -0.982. The van der Waals surface area contributed by atoms with Gasteiger partial charge in [0.1, 0.15) is 18.2 Å². The molecule has 0 aliphatic heterocycles. The summed E-state index contributed by atoms with van der Waals surface area (Å²) >= 11 is 12.3. The van der Waals surface area contributed by atoms with Crippen LogP contribution in [-0.2, 0) is 27.3 Å². The fourth-order valence-corrected chi connectivity index (χ4v) is 4.76. The number of halogens is 2. The van der Waals surface area contributed by atoms with Crippen LogP contribution in [-0.4, -0.2) is 44.8 Å². The Bertz CT molecular complexity index is 937. The van der Waals surface area contributed by atoms with E-state index in [0.29, 0.717) is 23.0 Å². The van der Waals surface area contributed by atoms with Gasteiger partial charge < -0.3 is 14.4 Å². The number of carboxylic acids is 1. The van der Waals surface area contributed by atoms with E-state index in [1.807, 2.05) is 30.5 Å². The Labute approximate surface area is 204 Å². The number of ether oxygens (including phenoxy) is 1. The third-order valence-electron chi connectivity index (χ3n) is 5.76. The predicted molar refractivity (Wildman–Crippen MR) is 128 cm³/mol. The monoisotopic (exact) mass is 495 g/mol. The molecule has 2 aromatic rings. The van der Waals surface area contributed by atoms with Crippen molar-refractivity contribution in [1.29, 1.82) is 0 Å². The lowest BCUT2D eigenvalue weighted by atomic mass is 10.0. The standard InChI is InChI=1S/C24H31Cl2N3O4/c1-15(2)7-21(23(30)31)28-22(24(32)33-20-5-3-4-6-20)11-19-12-27-14-29(19)13-16-8-17(25)10-18(26)9-16/h8-10,12,14-15,20-22,28H,3-7,11,13H2,1-2H3,(H,30,31)/t21-,22-/m0/s1. The molecule has 3 rings (SSSR count). The van der Waals surface area contributed by atoms with Crippen molar-refractivity contribution < 1.29 is 19.4 Å². The molecule has 7 nitrogen and oxygen atoms in total. The fraction of sp³-hybridized carbons (Fsp3) is 0.542. The number of rotatable bonds is 11. The van der Waals surface area contributed by atoms with E-state index < -0.39 is 24.0 Å². The average molecular weight is 496 g/mol. The van der Waals surface area contributed by atoms with E-state index in [-0.39, 0.29) is 18.4 Å². The molecule has 180 valence electrons. The van der Waals surface area contributed by atoms with Gasteiger partial charge in [0.25, 0.3) is 0 Å². The highest BCUT2D eigenvalue weighted by molar-refractivity contribution is 6.34. The SMILES string of the molecule is CC(C)C[C@H](N[C@@H](Cc1cncn1Cc1cc(Cl)cc(Cl)c1)C(=O)OC1CCCC1)C(=O)O. The molecular weight excluding hydrogens is 465 g/mol. The zero-order chi connectivity index (χ0) is 24.0. The minimum absolute atomic E-state index is 0.103. The number of carbonyl (C=O) groups excluding carboxylic acids is 1. The average Bonchev–Trinajstić information content (AvgIpc) is 3.37. The molecule has 1 fully saturated rings. The van der Waals surface area contributed by atoms with Crippen LogP contribution in [0.25, 0.3) is 0 Å². The van der Waals surface area contributed by atoms with Crippen molar-refractivity contribution in [1.82, 2.24) is 14.9 Å². The predicted octanol–water partition coefficient (Wildman–Crippen LogP) is 4.72. The zero-order valence-electron chi connectivity index (χ0n) is 19.0. The molecular formula is C24H31Cl2N3O4. The first-order chi connectivity index (χ1) is 15.7. The van der Waals surface area contributed by atoms with Gasteiger partial charge in [-0.2, -0.15) is 0 Å². The Morgan fingerprint density at radius 1 is 1.18 bits per heavy atom. The van der Waals surface area contributed by atoms with Crippen LogP contribution in [0.3, 0.4) is 0 Å². The molecule has 0 spiro atoms. The molecule has 1 aliphatic rings. The van der Waals surface area contributed by atoms with Crippen LogP contribution in [0.5, 0.6) is 0 Å². The number of carbonyl (C=O) groups is 2. The zero-order valence-corrected chi connectivity index (χ0v) is 20.5. The molecule has 1 saturated carbocycles. The first-order valence-corrected chi connectivity index (χ1v) is 12.1. The van der Waals surface area contributed by atoms with Crippen LogP contribution in [0.4, 0.5) is 0 Å². The largest absolute Gasteiger partial charge is 0.480 e. The highest BCUT2D eigenvalue weighted by Crippen LogP contribution is 2.23. The fourth-order valence-electron chi connectivity index (χ4n) is 4.19. The molecule has 0 saturated heterocycles. The lowest BCUT2D eigenvalue weighted by Gasteiger charge is -2.25. The maximum atomic E-state index is 13.1. The van der Waals surface area contributed by atoms with E-state index in [0.717, 1.165) is 36.9 Å². The number of aromatic nitrogens is 2. The summed E-state index contributed by atoms with van der Waals surface area (Å²) in [6.45, 7) is 4.37. The Balaban J connectivity index is 1.79. The number of aliphatic carboxylic acids is 1. The number of benzene rings is 1. The number of carboxylic acid groups (broad SMARTS) is 1. The molecule has 0 unspecified atom stereocenters.